The molecule has 0 radical (unpaired) electrons. The second-order valence-electron chi connectivity index (χ2n) is 5.49. The van der Waals surface area contributed by atoms with Crippen LogP contribution < -0.4 is 14.8 Å². The Kier molecular flexibility index (Phi) is 7.94. The molecule has 2 aromatic carbocycles. The van der Waals surface area contributed by atoms with E-state index in [0.29, 0.717) is 28.9 Å². The third-order valence-corrected chi connectivity index (χ3v) is 4.49. The van der Waals surface area contributed by atoms with Gasteiger partial charge in [-0.25, -0.2) is 4.79 Å². The number of halogens is 2. The highest BCUT2D eigenvalue weighted by atomic mass is 79.9. The lowest BCUT2D eigenvalue weighted by Gasteiger charge is -2.10. The van der Waals surface area contributed by atoms with Crippen molar-refractivity contribution in [2.24, 2.45) is 0 Å². The molecule has 0 heterocycles. The average molecular weight is 457 g/mol. The first-order chi connectivity index (χ1) is 12.9. The minimum absolute atomic E-state index is 0.198. The molecule has 0 aliphatic carbocycles. The van der Waals surface area contributed by atoms with Gasteiger partial charge in [-0.2, -0.15) is 0 Å². The Bertz CT molecular complexity index is 828. The molecule has 0 aliphatic heterocycles. The largest absolute Gasteiger partial charge is 0.493 e. The van der Waals surface area contributed by atoms with Crippen LogP contribution in [0.5, 0.6) is 11.5 Å². The van der Waals surface area contributed by atoms with Gasteiger partial charge in [0.05, 0.1) is 24.8 Å². The number of carbonyl (C=O) groups excluding carboxylic acids is 2. The molecule has 0 aliphatic rings. The van der Waals surface area contributed by atoms with Crippen LogP contribution in [0.3, 0.4) is 0 Å². The third kappa shape index (κ3) is 6.15. The summed E-state index contributed by atoms with van der Waals surface area (Å²) >= 11 is 9.22. The van der Waals surface area contributed by atoms with E-state index in [-0.39, 0.29) is 17.2 Å². The monoisotopic (exact) mass is 455 g/mol. The molecule has 144 valence electrons. The summed E-state index contributed by atoms with van der Waals surface area (Å²) in [5.74, 6) is 0.218. The number of ether oxygens (including phenoxy) is 3. The van der Waals surface area contributed by atoms with E-state index in [4.69, 9.17) is 25.8 Å². The summed E-state index contributed by atoms with van der Waals surface area (Å²) in [6, 6.07) is 10.4. The molecule has 2 aromatic rings. The Hall–Kier alpha value is -2.25. The predicted octanol–water partition coefficient (Wildman–Crippen LogP) is 3.64. The Labute approximate surface area is 170 Å². The van der Waals surface area contributed by atoms with E-state index in [1.54, 1.807) is 38.5 Å². The van der Waals surface area contributed by atoms with Gasteiger partial charge in [-0.15, -0.1) is 0 Å². The number of rotatable bonds is 8. The summed E-state index contributed by atoms with van der Waals surface area (Å²) in [4.78, 5) is 23.9. The molecule has 2 rings (SSSR count). The highest BCUT2D eigenvalue weighted by Gasteiger charge is 2.14. The van der Waals surface area contributed by atoms with Gasteiger partial charge in [0.25, 0.3) is 5.91 Å². The van der Waals surface area contributed by atoms with E-state index in [0.717, 1.165) is 5.56 Å². The second kappa shape index (κ2) is 10.2. The van der Waals surface area contributed by atoms with Gasteiger partial charge in [0.2, 0.25) is 0 Å². The predicted molar refractivity (Wildman–Crippen MR) is 106 cm³/mol. The van der Waals surface area contributed by atoms with Crippen LogP contribution in [-0.4, -0.2) is 39.2 Å². The van der Waals surface area contributed by atoms with Gasteiger partial charge in [-0.1, -0.05) is 33.6 Å². The lowest BCUT2D eigenvalue weighted by molar-refractivity contribution is -0.124. The van der Waals surface area contributed by atoms with Crippen LogP contribution in [0.4, 0.5) is 0 Å². The number of carbonyl (C=O) groups is 2. The molecule has 1 N–H and O–H groups in total. The van der Waals surface area contributed by atoms with Crippen molar-refractivity contribution < 1.29 is 23.8 Å². The molecule has 0 unspecified atom stereocenters. The minimum atomic E-state index is -0.656. The first-order valence-corrected chi connectivity index (χ1v) is 9.21. The Morgan fingerprint density at radius 1 is 1.07 bits per heavy atom. The van der Waals surface area contributed by atoms with Crippen LogP contribution in [0, 0.1) is 0 Å². The molecule has 8 heteroatoms. The van der Waals surface area contributed by atoms with Gasteiger partial charge in [0.15, 0.2) is 18.1 Å². The molecule has 1 amide bonds. The zero-order valence-corrected chi connectivity index (χ0v) is 17.2. The molecule has 0 atom stereocenters. The SMILES string of the molecule is COc1ccc(CCNC(=O)COC(=O)c2cc(Br)ccc2Cl)cc1OC. The number of hydrogen-bond donors (Lipinski definition) is 1. The standard InChI is InChI=1S/C19H19BrClNO5/c1-25-16-6-3-12(9-17(16)26-2)7-8-22-18(23)11-27-19(24)14-10-13(20)4-5-15(14)21/h3-6,9-10H,7-8,11H2,1-2H3,(H,22,23). The van der Waals surface area contributed by atoms with Crippen molar-refractivity contribution in [3.05, 3.63) is 57.0 Å². The van der Waals surface area contributed by atoms with Crippen molar-refractivity contribution in [1.82, 2.24) is 5.32 Å². The number of esters is 1. The van der Waals surface area contributed by atoms with Crippen molar-refractivity contribution in [3.8, 4) is 11.5 Å². The quantitative estimate of drug-likeness (QED) is 0.614. The maximum absolute atomic E-state index is 12.0. The Balaban J connectivity index is 1.79. The topological polar surface area (TPSA) is 73.9 Å². The second-order valence-corrected chi connectivity index (χ2v) is 6.81. The van der Waals surface area contributed by atoms with Gasteiger partial charge in [0.1, 0.15) is 0 Å². The zero-order valence-electron chi connectivity index (χ0n) is 14.9. The summed E-state index contributed by atoms with van der Waals surface area (Å²) < 4.78 is 16.1. The molecule has 0 spiro atoms. The fourth-order valence-electron chi connectivity index (χ4n) is 2.30. The molecule has 27 heavy (non-hydrogen) atoms. The van der Waals surface area contributed by atoms with Crippen LogP contribution in [0.1, 0.15) is 15.9 Å². The average Bonchev–Trinajstić information content (AvgIpc) is 2.67. The normalized spacial score (nSPS) is 10.2. The molecule has 0 saturated carbocycles. The van der Waals surface area contributed by atoms with E-state index in [9.17, 15) is 9.59 Å². The summed E-state index contributed by atoms with van der Waals surface area (Å²) in [6.07, 6.45) is 0.595. The fourth-order valence-corrected chi connectivity index (χ4v) is 2.85. The van der Waals surface area contributed by atoms with Crippen molar-refractivity contribution >= 4 is 39.4 Å². The van der Waals surface area contributed by atoms with Crippen LogP contribution in [-0.2, 0) is 16.0 Å². The lowest BCUT2D eigenvalue weighted by Crippen LogP contribution is -2.30. The molecule has 0 saturated heterocycles. The Morgan fingerprint density at radius 2 is 1.81 bits per heavy atom. The van der Waals surface area contributed by atoms with Crippen LogP contribution in [0.15, 0.2) is 40.9 Å². The third-order valence-electron chi connectivity index (χ3n) is 3.67. The number of amides is 1. The van der Waals surface area contributed by atoms with Crippen molar-refractivity contribution in [2.45, 2.75) is 6.42 Å². The van der Waals surface area contributed by atoms with Crippen molar-refractivity contribution in [3.63, 3.8) is 0 Å². The fraction of sp³-hybridized carbons (Fsp3) is 0.263. The first-order valence-electron chi connectivity index (χ1n) is 8.04. The highest BCUT2D eigenvalue weighted by molar-refractivity contribution is 9.10. The van der Waals surface area contributed by atoms with E-state index >= 15 is 0 Å². The summed E-state index contributed by atoms with van der Waals surface area (Å²) in [6.45, 7) is 0.0110. The minimum Gasteiger partial charge on any atom is -0.493 e. The Morgan fingerprint density at radius 3 is 2.52 bits per heavy atom. The van der Waals surface area contributed by atoms with Gasteiger partial charge >= 0.3 is 5.97 Å². The number of benzene rings is 2. The molecule has 0 bridgehead atoms. The van der Waals surface area contributed by atoms with Gasteiger partial charge in [-0.05, 0) is 42.3 Å². The highest BCUT2D eigenvalue weighted by Crippen LogP contribution is 2.27. The summed E-state index contributed by atoms with van der Waals surface area (Å²) in [5, 5.41) is 2.96. The molecule has 0 aromatic heterocycles. The van der Waals surface area contributed by atoms with Crippen molar-refractivity contribution in [1.29, 1.82) is 0 Å². The number of nitrogens with one attached hydrogen (secondary N) is 1. The first kappa shape index (κ1) is 21.1. The van der Waals surface area contributed by atoms with E-state index in [2.05, 4.69) is 21.2 Å². The van der Waals surface area contributed by atoms with Gasteiger partial charge < -0.3 is 19.5 Å². The molecular weight excluding hydrogens is 438 g/mol. The lowest BCUT2D eigenvalue weighted by atomic mass is 10.1. The summed E-state index contributed by atoms with van der Waals surface area (Å²) in [7, 11) is 3.13. The van der Waals surface area contributed by atoms with Gasteiger partial charge in [0, 0.05) is 11.0 Å². The van der Waals surface area contributed by atoms with E-state index in [1.165, 1.54) is 0 Å². The van der Waals surface area contributed by atoms with Gasteiger partial charge in [-0.3, -0.25) is 4.79 Å². The molecule has 0 fully saturated rings. The van der Waals surface area contributed by atoms with Crippen LogP contribution in [0.2, 0.25) is 5.02 Å². The van der Waals surface area contributed by atoms with Crippen molar-refractivity contribution in [2.75, 3.05) is 27.4 Å². The van der Waals surface area contributed by atoms with Crippen LogP contribution >= 0.6 is 27.5 Å². The molecule has 6 nitrogen and oxygen atoms in total. The maximum Gasteiger partial charge on any atom is 0.340 e. The molecular formula is C19H19BrClNO5. The smallest absolute Gasteiger partial charge is 0.340 e. The summed E-state index contributed by atoms with van der Waals surface area (Å²) in [5.41, 5.74) is 1.18. The number of hydrogen-bond acceptors (Lipinski definition) is 5. The maximum atomic E-state index is 12.0. The number of methoxy groups -OCH3 is 2. The zero-order chi connectivity index (χ0) is 19.8. The van der Waals surface area contributed by atoms with Crippen LogP contribution in [0.25, 0.3) is 0 Å². The van der Waals surface area contributed by atoms with E-state index < -0.39 is 11.9 Å². The van der Waals surface area contributed by atoms with E-state index in [1.807, 2.05) is 12.1 Å².